The summed E-state index contributed by atoms with van der Waals surface area (Å²) >= 11 is 0. The Bertz CT molecular complexity index is 472. The lowest BCUT2D eigenvalue weighted by molar-refractivity contribution is -0.145. The van der Waals surface area contributed by atoms with E-state index in [1.165, 1.54) is 12.5 Å². The highest BCUT2D eigenvalue weighted by atomic mass is 16.7. The van der Waals surface area contributed by atoms with Crippen molar-refractivity contribution in [1.82, 2.24) is 5.32 Å². The van der Waals surface area contributed by atoms with E-state index in [1.54, 1.807) is 0 Å². The van der Waals surface area contributed by atoms with Crippen LogP contribution in [0, 0.1) is 0 Å². The Morgan fingerprint density at radius 2 is 2.00 bits per heavy atom. The molecule has 0 spiro atoms. The molecule has 0 amide bonds. The van der Waals surface area contributed by atoms with E-state index in [0.29, 0.717) is 6.54 Å². The molecule has 108 valence electrons. The number of nitrogens with two attached hydrogens (primary N) is 1. The lowest BCUT2D eigenvalue weighted by atomic mass is 10.1. The summed E-state index contributed by atoms with van der Waals surface area (Å²) in [4.78, 5) is 26.2. The molecule has 1 aromatic carbocycles. The van der Waals surface area contributed by atoms with Crippen molar-refractivity contribution in [3.8, 4) is 0 Å². The van der Waals surface area contributed by atoms with Crippen molar-refractivity contribution in [3.63, 3.8) is 0 Å². The third kappa shape index (κ3) is 7.27. The predicted octanol–water partition coefficient (Wildman–Crippen LogP) is 0.613. The van der Waals surface area contributed by atoms with E-state index in [4.69, 9.17) is 5.73 Å². The van der Waals surface area contributed by atoms with Gasteiger partial charge in [-0.05, 0) is 25.5 Å². The fraction of sp³-hybridized carbons (Fsp3) is 0.357. The van der Waals surface area contributed by atoms with E-state index in [1.807, 2.05) is 30.3 Å². The number of nitrogens with zero attached hydrogens (tertiary/aromatic N) is 1. The van der Waals surface area contributed by atoms with E-state index in [0.717, 1.165) is 13.0 Å². The lowest BCUT2D eigenvalue weighted by Crippen LogP contribution is -2.30. The number of rotatable bonds is 8. The zero-order valence-electron chi connectivity index (χ0n) is 11.5. The molecule has 0 aliphatic rings. The Morgan fingerprint density at radius 1 is 1.30 bits per heavy atom. The van der Waals surface area contributed by atoms with Crippen molar-refractivity contribution >= 4 is 17.6 Å². The lowest BCUT2D eigenvalue weighted by Gasteiger charge is -2.04. The van der Waals surface area contributed by atoms with Gasteiger partial charge in [0.2, 0.25) is 0 Å². The number of hydrogen-bond donors (Lipinski definition) is 2. The van der Waals surface area contributed by atoms with Crippen molar-refractivity contribution in [3.05, 3.63) is 35.9 Å². The van der Waals surface area contributed by atoms with Gasteiger partial charge in [0.1, 0.15) is 12.2 Å². The largest absolute Gasteiger partial charge is 0.383 e. The summed E-state index contributed by atoms with van der Waals surface area (Å²) in [6.45, 7) is 2.36. The van der Waals surface area contributed by atoms with E-state index >= 15 is 0 Å². The monoisotopic (exact) mass is 277 g/mol. The second kappa shape index (κ2) is 8.82. The van der Waals surface area contributed by atoms with Crippen LogP contribution in [-0.4, -0.2) is 30.7 Å². The minimum Gasteiger partial charge on any atom is -0.383 e. The van der Waals surface area contributed by atoms with Crippen LogP contribution in [0.25, 0.3) is 0 Å². The maximum Gasteiger partial charge on any atom is 0.342 e. The van der Waals surface area contributed by atoms with Crippen molar-refractivity contribution in [2.24, 2.45) is 10.9 Å². The zero-order valence-corrected chi connectivity index (χ0v) is 11.5. The van der Waals surface area contributed by atoms with Gasteiger partial charge in [-0.2, -0.15) is 0 Å². The number of hydrogen-bond acceptors (Lipinski definition) is 5. The first-order valence-electron chi connectivity index (χ1n) is 6.34. The molecule has 6 heteroatoms. The van der Waals surface area contributed by atoms with E-state index < -0.39 is 5.97 Å². The second-order valence-corrected chi connectivity index (χ2v) is 4.34. The zero-order chi connectivity index (χ0) is 14.8. The van der Waals surface area contributed by atoms with Crippen LogP contribution in [-0.2, 0) is 20.8 Å². The molecule has 0 saturated carbocycles. The molecule has 0 atom stereocenters. The fourth-order valence-corrected chi connectivity index (χ4v) is 1.47. The highest BCUT2D eigenvalue weighted by molar-refractivity contribution is 5.94. The molecule has 3 N–H and O–H groups in total. The van der Waals surface area contributed by atoms with E-state index in [9.17, 15) is 9.59 Å². The van der Waals surface area contributed by atoms with Crippen LogP contribution in [0.3, 0.4) is 0 Å². The van der Waals surface area contributed by atoms with Gasteiger partial charge < -0.3 is 15.9 Å². The van der Waals surface area contributed by atoms with Gasteiger partial charge >= 0.3 is 5.97 Å². The van der Waals surface area contributed by atoms with Crippen molar-refractivity contribution in [2.45, 2.75) is 19.8 Å². The van der Waals surface area contributed by atoms with Gasteiger partial charge in [0, 0.05) is 0 Å². The van der Waals surface area contributed by atoms with Gasteiger partial charge in [-0.1, -0.05) is 35.5 Å². The molecule has 0 aromatic heterocycles. The van der Waals surface area contributed by atoms with Crippen molar-refractivity contribution in [1.29, 1.82) is 0 Å². The highest BCUT2D eigenvalue weighted by Crippen LogP contribution is 1.97. The molecular weight excluding hydrogens is 258 g/mol. The third-order valence-corrected chi connectivity index (χ3v) is 2.40. The number of Topliss-reactive ketones (excluding diaryl/α,β-unsaturated/α-hetero) is 1. The smallest absolute Gasteiger partial charge is 0.342 e. The number of amidine groups is 1. The number of carbonyl (C=O) groups excluding carboxylic acids is 2. The standard InChI is InChI=1S/C14H19N3O3/c1-11(18)9-14(19)20-17-13(15)10-16-8-7-12-5-3-2-4-6-12/h2-6,16H,7-10H2,1H3,(H2,15,17). The number of ketones is 1. The highest BCUT2D eigenvalue weighted by Gasteiger charge is 2.06. The Morgan fingerprint density at radius 3 is 2.65 bits per heavy atom. The Balaban J connectivity index is 2.17. The molecule has 0 bridgehead atoms. The molecule has 0 unspecified atom stereocenters. The van der Waals surface area contributed by atoms with Crippen LogP contribution in [0.15, 0.2) is 35.5 Å². The van der Waals surface area contributed by atoms with E-state index in [2.05, 4.69) is 15.3 Å². The van der Waals surface area contributed by atoms with Crippen LogP contribution < -0.4 is 11.1 Å². The van der Waals surface area contributed by atoms with Gasteiger partial charge in [0.15, 0.2) is 5.84 Å². The van der Waals surface area contributed by atoms with Gasteiger partial charge in [-0.3, -0.25) is 4.79 Å². The average molecular weight is 277 g/mol. The minimum atomic E-state index is -0.704. The van der Waals surface area contributed by atoms with Crippen molar-refractivity contribution in [2.75, 3.05) is 13.1 Å². The number of oxime groups is 1. The normalized spacial score (nSPS) is 11.2. The average Bonchev–Trinajstić information content (AvgIpc) is 2.42. The summed E-state index contributed by atoms with van der Waals surface area (Å²) < 4.78 is 0. The molecule has 0 heterocycles. The quantitative estimate of drug-likeness (QED) is 0.181. The Labute approximate surface area is 118 Å². The predicted molar refractivity (Wildman–Crippen MR) is 76.0 cm³/mol. The molecule has 0 fully saturated rings. The Hall–Kier alpha value is -2.21. The Kier molecular flexibility index (Phi) is 6.99. The first kappa shape index (κ1) is 15.8. The molecule has 6 nitrogen and oxygen atoms in total. The number of benzene rings is 1. The molecule has 0 aliphatic carbocycles. The summed E-state index contributed by atoms with van der Waals surface area (Å²) in [5.41, 5.74) is 6.78. The van der Waals surface area contributed by atoms with Gasteiger partial charge in [0.05, 0.1) is 6.54 Å². The molecular formula is C14H19N3O3. The van der Waals surface area contributed by atoms with Crippen molar-refractivity contribution < 1.29 is 14.4 Å². The molecule has 20 heavy (non-hydrogen) atoms. The van der Waals surface area contributed by atoms with Gasteiger partial charge in [-0.15, -0.1) is 0 Å². The van der Waals surface area contributed by atoms with Gasteiger partial charge in [-0.25, -0.2) is 4.79 Å². The van der Waals surface area contributed by atoms with E-state index in [-0.39, 0.29) is 18.0 Å². The molecule has 0 aliphatic heterocycles. The summed E-state index contributed by atoms with van der Waals surface area (Å²) in [5, 5.41) is 6.54. The maximum absolute atomic E-state index is 11.0. The number of nitrogens with one attached hydrogen (secondary N) is 1. The maximum atomic E-state index is 11.0. The fourth-order valence-electron chi connectivity index (χ4n) is 1.47. The summed E-state index contributed by atoms with van der Waals surface area (Å²) in [6, 6.07) is 10.0. The number of carbonyl (C=O) groups is 2. The topological polar surface area (TPSA) is 93.8 Å². The molecule has 1 aromatic rings. The van der Waals surface area contributed by atoms with Crippen LogP contribution in [0.4, 0.5) is 0 Å². The molecule has 1 rings (SSSR count). The first-order chi connectivity index (χ1) is 9.58. The summed E-state index contributed by atoms with van der Waals surface area (Å²) in [5.74, 6) is -0.815. The van der Waals surface area contributed by atoms with Crippen LogP contribution in [0.5, 0.6) is 0 Å². The third-order valence-electron chi connectivity index (χ3n) is 2.40. The second-order valence-electron chi connectivity index (χ2n) is 4.34. The van der Waals surface area contributed by atoms with Crippen LogP contribution >= 0.6 is 0 Å². The first-order valence-corrected chi connectivity index (χ1v) is 6.34. The van der Waals surface area contributed by atoms with Crippen LogP contribution in [0.2, 0.25) is 0 Å². The van der Waals surface area contributed by atoms with Gasteiger partial charge in [0.25, 0.3) is 0 Å². The summed E-state index contributed by atoms with van der Waals surface area (Å²) in [6.07, 6.45) is 0.580. The molecule has 0 saturated heterocycles. The molecule has 0 radical (unpaired) electrons. The minimum absolute atomic E-state index is 0.162. The summed E-state index contributed by atoms with van der Waals surface area (Å²) in [7, 11) is 0. The van der Waals surface area contributed by atoms with Crippen LogP contribution in [0.1, 0.15) is 18.9 Å². The SMILES string of the molecule is CC(=O)CC(=O)ON=C(N)CNCCc1ccccc1.